The number of nitrogens with zero attached hydrogens (tertiary/aromatic N) is 3. The molecule has 0 spiro atoms. The van der Waals surface area contributed by atoms with E-state index in [9.17, 15) is 14.0 Å². The number of hydrogen-bond donors (Lipinski definition) is 1. The first-order chi connectivity index (χ1) is 12.5. The molecule has 1 fully saturated rings. The van der Waals surface area contributed by atoms with Gasteiger partial charge < -0.3 is 10.6 Å². The summed E-state index contributed by atoms with van der Waals surface area (Å²) in [5.74, 6) is -0.281. The van der Waals surface area contributed by atoms with Crippen LogP contribution in [0.1, 0.15) is 52.7 Å². The second-order valence-electron chi connectivity index (χ2n) is 6.46. The Labute approximate surface area is 151 Å². The molecule has 0 saturated carbocycles. The van der Waals surface area contributed by atoms with Gasteiger partial charge in [0.25, 0.3) is 5.91 Å². The van der Waals surface area contributed by atoms with E-state index in [1.807, 2.05) is 0 Å². The summed E-state index contributed by atoms with van der Waals surface area (Å²) in [6.45, 7) is 2.37. The Hall–Kier alpha value is -2.83. The molecule has 2 N–H and O–H groups in total. The number of aromatic nitrogens is 2. The minimum Gasteiger partial charge on any atom is -0.365 e. The van der Waals surface area contributed by atoms with Crippen molar-refractivity contribution < 1.29 is 14.0 Å². The lowest BCUT2D eigenvalue weighted by Crippen LogP contribution is -2.32. The van der Waals surface area contributed by atoms with Gasteiger partial charge >= 0.3 is 0 Å². The summed E-state index contributed by atoms with van der Waals surface area (Å²) in [4.78, 5) is 34.4. The first-order valence-corrected chi connectivity index (χ1v) is 8.63. The fraction of sp³-hybridized carbons (Fsp3) is 0.368. The molecule has 7 heteroatoms. The molecule has 2 amide bonds. The molecule has 1 saturated heterocycles. The average molecular weight is 356 g/mol. The van der Waals surface area contributed by atoms with Crippen molar-refractivity contribution in [3.8, 4) is 0 Å². The first-order valence-electron chi connectivity index (χ1n) is 8.63. The van der Waals surface area contributed by atoms with E-state index in [-0.39, 0.29) is 17.8 Å². The third-order valence-electron chi connectivity index (χ3n) is 4.68. The maximum absolute atomic E-state index is 13.0. The van der Waals surface area contributed by atoms with Gasteiger partial charge in [-0.25, -0.2) is 14.4 Å². The van der Waals surface area contributed by atoms with E-state index >= 15 is 0 Å². The van der Waals surface area contributed by atoms with Gasteiger partial charge in [0.2, 0.25) is 5.91 Å². The lowest BCUT2D eigenvalue weighted by Gasteiger charge is -2.24. The fourth-order valence-electron chi connectivity index (χ4n) is 3.27. The smallest absolute Gasteiger partial charge is 0.252 e. The second-order valence-corrected chi connectivity index (χ2v) is 6.46. The average Bonchev–Trinajstić information content (AvgIpc) is 3.10. The van der Waals surface area contributed by atoms with Crippen LogP contribution in [0.5, 0.6) is 0 Å². The summed E-state index contributed by atoms with van der Waals surface area (Å²) >= 11 is 0. The molecule has 1 aromatic carbocycles. The van der Waals surface area contributed by atoms with E-state index in [0.29, 0.717) is 36.5 Å². The number of halogens is 1. The van der Waals surface area contributed by atoms with Crippen LogP contribution in [0.2, 0.25) is 0 Å². The Balaban J connectivity index is 1.69. The summed E-state index contributed by atoms with van der Waals surface area (Å²) in [7, 11) is 0. The van der Waals surface area contributed by atoms with Crippen LogP contribution in [-0.4, -0.2) is 33.2 Å². The number of hydrogen-bond acceptors (Lipinski definition) is 4. The SMILES string of the molecule is Cc1nc(C2CCCN2C(=O)CCc2ccc(F)cc2)ncc1C(N)=O. The van der Waals surface area contributed by atoms with E-state index in [2.05, 4.69) is 9.97 Å². The molecule has 2 heterocycles. The monoisotopic (exact) mass is 356 g/mol. The highest BCUT2D eigenvalue weighted by Crippen LogP contribution is 2.30. The lowest BCUT2D eigenvalue weighted by molar-refractivity contribution is -0.132. The van der Waals surface area contributed by atoms with Crippen LogP contribution in [0.25, 0.3) is 0 Å². The van der Waals surface area contributed by atoms with E-state index in [1.54, 1.807) is 24.0 Å². The van der Waals surface area contributed by atoms with Gasteiger partial charge in [0.05, 0.1) is 17.3 Å². The highest BCUT2D eigenvalue weighted by Gasteiger charge is 2.32. The zero-order chi connectivity index (χ0) is 18.7. The number of likely N-dealkylation sites (tertiary alicyclic amines) is 1. The van der Waals surface area contributed by atoms with Crippen LogP contribution in [0.3, 0.4) is 0 Å². The molecular formula is C19H21FN4O2. The molecule has 0 bridgehead atoms. The maximum atomic E-state index is 13.0. The van der Waals surface area contributed by atoms with Gasteiger partial charge in [-0.3, -0.25) is 9.59 Å². The number of amides is 2. The Kier molecular flexibility index (Phi) is 5.25. The molecule has 1 aliphatic rings. The Morgan fingerprint density at radius 1 is 1.31 bits per heavy atom. The Morgan fingerprint density at radius 3 is 2.69 bits per heavy atom. The van der Waals surface area contributed by atoms with Gasteiger partial charge in [0, 0.05) is 19.2 Å². The third kappa shape index (κ3) is 3.87. The molecule has 1 aliphatic heterocycles. The standard InChI is InChI=1S/C19H21FN4O2/c1-12-15(18(21)26)11-22-19(23-12)16-3-2-10-24(16)17(25)9-6-13-4-7-14(20)8-5-13/h4-5,7-8,11,16H,2-3,6,9-10H2,1H3,(H2,21,26). The Bertz CT molecular complexity index is 823. The highest BCUT2D eigenvalue weighted by molar-refractivity contribution is 5.93. The molecule has 3 rings (SSSR count). The number of rotatable bonds is 5. The zero-order valence-electron chi connectivity index (χ0n) is 14.6. The summed E-state index contributed by atoms with van der Waals surface area (Å²) in [5, 5.41) is 0. The quantitative estimate of drug-likeness (QED) is 0.890. The van der Waals surface area contributed by atoms with Crippen molar-refractivity contribution in [2.75, 3.05) is 6.54 Å². The van der Waals surface area contributed by atoms with Crippen molar-refractivity contribution in [3.63, 3.8) is 0 Å². The number of carbonyl (C=O) groups is 2. The van der Waals surface area contributed by atoms with E-state index in [4.69, 9.17) is 5.73 Å². The fourth-order valence-corrected chi connectivity index (χ4v) is 3.27. The molecular weight excluding hydrogens is 335 g/mol. The largest absolute Gasteiger partial charge is 0.365 e. The third-order valence-corrected chi connectivity index (χ3v) is 4.68. The minimum absolute atomic E-state index is 0.0251. The number of nitrogens with two attached hydrogens (primary N) is 1. The Morgan fingerprint density at radius 2 is 2.04 bits per heavy atom. The number of primary amides is 1. The number of aryl methyl sites for hydroxylation is 2. The van der Waals surface area contributed by atoms with Crippen molar-refractivity contribution in [2.24, 2.45) is 5.73 Å². The highest BCUT2D eigenvalue weighted by atomic mass is 19.1. The van der Waals surface area contributed by atoms with E-state index in [1.165, 1.54) is 18.3 Å². The normalized spacial score (nSPS) is 16.7. The lowest BCUT2D eigenvalue weighted by atomic mass is 10.1. The molecule has 2 aromatic rings. The van der Waals surface area contributed by atoms with Gasteiger partial charge in [-0.05, 0) is 43.9 Å². The van der Waals surface area contributed by atoms with Crippen LogP contribution in [-0.2, 0) is 11.2 Å². The molecule has 1 aromatic heterocycles. The molecule has 136 valence electrons. The van der Waals surface area contributed by atoms with Crippen molar-refractivity contribution in [1.29, 1.82) is 0 Å². The number of carbonyl (C=O) groups excluding carboxylic acids is 2. The van der Waals surface area contributed by atoms with Crippen LogP contribution in [0, 0.1) is 12.7 Å². The number of benzene rings is 1. The zero-order valence-corrected chi connectivity index (χ0v) is 14.6. The van der Waals surface area contributed by atoms with Crippen molar-refractivity contribution in [3.05, 3.63) is 58.9 Å². The summed E-state index contributed by atoms with van der Waals surface area (Å²) in [5.41, 5.74) is 7.03. The van der Waals surface area contributed by atoms with Crippen LogP contribution < -0.4 is 5.73 Å². The van der Waals surface area contributed by atoms with Gasteiger partial charge in [0.1, 0.15) is 5.82 Å². The molecule has 1 atom stereocenters. The van der Waals surface area contributed by atoms with E-state index in [0.717, 1.165) is 18.4 Å². The molecule has 6 nitrogen and oxygen atoms in total. The van der Waals surface area contributed by atoms with E-state index < -0.39 is 5.91 Å². The molecule has 1 unspecified atom stereocenters. The van der Waals surface area contributed by atoms with Gasteiger partial charge in [0.15, 0.2) is 5.82 Å². The summed E-state index contributed by atoms with van der Waals surface area (Å²) < 4.78 is 13.0. The second kappa shape index (κ2) is 7.59. The van der Waals surface area contributed by atoms with Crippen molar-refractivity contribution in [1.82, 2.24) is 14.9 Å². The predicted octanol–water partition coefficient (Wildman–Crippen LogP) is 2.32. The van der Waals surface area contributed by atoms with Gasteiger partial charge in [-0.15, -0.1) is 0 Å². The maximum Gasteiger partial charge on any atom is 0.252 e. The minimum atomic E-state index is -0.562. The van der Waals surface area contributed by atoms with Crippen molar-refractivity contribution >= 4 is 11.8 Å². The van der Waals surface area contributed by atoms with Crippen LogP contribution in [0.15, 0.2) is 30.5 Å². The van der Waals surface area contributed by atoms with Crippen LogP contribution in [0.4, 0.5) is 4.39 Å². The van der Waals surface area contributed by atoms with Gasteiger partial charge in [-0.2, -0.15) is 0 Å². The molecule has 26 heavy (non-hydrogen) atoms. The van der Waals surface area contributed by atoms with Crippen molar-refractivity contribution in [2.45, 2.75) is 38.6 Å². The molecule has 0 aliphatic carbocycles. The summed E-state index contributed by atoms with van der Waals surface area (Å²) in [6, 6.07) is 6.00. The van der Waals surface area contributed by atoms with Gasteiger partial charge in [-0.1, -0.05) is 12.1 Å². The molecule has 0 radical (unpaired) electrons. The topological polar surface area (TPSA) is 89.2 Å². The predicted molar refractivity (Wildman–Crippen MR) is 93.7 cm³/mol. The first kappa shape index (κ1) is 18.0. The van der Waals surface area contributed by atoms with Crippen LogP contribution >= 0.6 is 0 Å². The summed E-state index contributed by atoms with van der Waals surface area (Å²) in [6.07, 6.45) is 4.01.